The fraction of sp³-hybridized carbons (Fsp3) is 0.500. The number of rotatable bonds is 9. The van der Waals surface area contributed by atoms with Crippen molar-refractivity contribution < 1.29 is 23.8 Å². The Morgan fingerprint density at radius 1 is 1.12 bits per heavy atom. The summed E-state index contributed by atoms with van der Waals surface area (Å²) < 4.78 is 25.9. The predicted molar refractivity (Wildman–Crippen MR) is 131 cm³/mol. The second-order valence-electron chi connectivity index (χ2n) is 9.56. The van der Waals surface area contributed by atoms with Crippen molar-refractivity contribution >= 4 is 29.2 Å². The number of ether oxygens (including phenoxy) is 2. The average Bonchev–Trinajstić information content (AvgIpc) is 3.62. The van der Waals surface area contributed by atoms with Crippen LogP contribution in [0.1, 0.15) is 60.0 Å². The van der Waals surface area contributed by atoms with Crippen LogP contribution in [0.5, 0.6) is 5.75 Å². The Hall–Kier alpha value is -1.86. The lowest BCUT2D eigenvalue weighted by molar-refractivity contribution is -0.00666. The maximum atomic E-state index is 14.3. The highest BCUT2D eigenvalue weighted by molar-refractivity contribution is 6.34. The van der Waals surface area contributed by atoms with E-state index in [0.717, 1.165) is 49.9 Å². The number of hydrogen-bond acceptors (Lipinski definition) is 4. The normalized spacial score (nSPS) is 19.1. The zero-order valence-corrected chi connectivity index (χ0v) is 21.0. The van der Waals surface area contributed by atoms with Gasteiger partial charge in [0.15, 0.2) is 0 Å². The first-order valence-electron chi connectivity index (χ1n) is 11.6. The van der Waals surface area contributed by atoms with Crippen molar-refractivity contribution in [2.45, 2.75) is 44.1 Å². The Bertz CT molecular complexity index is 1030. The summed E-state index contributed by atoms with van der Waals surface area (Å²) in [6, 6.07) is 8.29. The number of carboxylic acid groups (broad SMARTS) is 1. The van der Waals surface area contributed by atoms with E-state index in [9.17, 15) is 14.3 Å². The first-order valence-corrected chi connectivity index (χ1v) is 12.4. The Morgan fingerprint density at radius 3 is 2.32 bits per heavy atom. The number of benzene rings is 2. The van der Waals surface area contributed by atoms with E-state index in [2.05, 4.69) is 11.8 Å². The van der Waals surface area contributed by atoms with Gasteiger partial charge in [0, 0.05) is 23.2 Å². The van der Waals surface area contributed by atoms with Gasteiger partial charge in [-0.25, -0.2) is 9.18 Å². The third kappa shape index (κ3) is 5.51. The number of nitrogens with zero attached hydrogens (tertiary/aromatic N) is 1. The molecule has 0 bridgehead atoms. The van der Waals surface area contributed by atoms with Gasteiger partial charge in [-0.3, -0.25) is 4.90 Å². The molecule has 0 aromatic heterocycles. The number of likely N-dealkylation sites (tertiary alicyclic amines) is 1. The molecule has 2 aliphatic rings. The molecule has 1 aliphatic heterocycles. The predicted octanol–water partition coefficient (Wildman–Crippen LogP) is 6.36. The van der Waals surface area contributed by atoms with Crippen molar-refractivity contribution in [3.8, 4) is 5.75 Å². The minimum absolute atomic E-state index is 0.259. The second-order valence-corrected chi connectivity index (χ2v) is 10.4. The molecule has 184 valence electrons. The van der Waals surface area contributed by atoms with Gasteiger partial charge in [-0.1, -0.05) is 23.2 Å². The van der Waals surface area contributed by atoms with Gasteiger partial charge in [0.1, 0.15) is 11.6 Å². The van der Waals surface area contributed by atoms with Crippen LogP contribution in [0, 0.1) is 11.7 Å². The van der Waals surface area contributed by atoms with E-state index in [1.165, 1.54) is 12.1 Å². The van der Waals surface area contributed by atoms with Gasteiger partial charge >= 0.3 is 5.97 Å². The fourth-order valence-electron chi connectivity index (χ4n) is 4.88. The summed E-state index contributed by atoms with van der Waals surface area (Å²) >= 11 is 12.6. The van der Waals surface area contributed by atoms with E-state index in [-0.39, 0.29) is 17.0 Å². The molecule has 34 heavy (non-hydrogen) atoms. The molecule has 5 nitrogen and oxygen atoms in total. The zero-order valence-electron chi connectivity index (χ0n) is 19.5. The number of carboxylic acids is 1. The van der Waals surface area contributed by atoms with Gasteiger partial charge in [0.25, 0.3) is 0 Å². The van der Waals surface area contributed by atoms with Crippen molar-refractivity contribution in [2.75, 3.05) is 33.4 Å². The van der Waals surface area contributed by atoms with Crippen LogP contribution in [0.3, 0.4) is 0 Å². The van der Waals surface area contributed by atoms with E-state index in [1.807, 2.05) is 12.1 Å². The summed E-state index contributed by atoms with van der Waals surface area (Å²) in [6.07, 6.45) is 3.79. The summed E-state index contributed by atoms with van der Waals surface area (Å²) in [6.45, 7) is 4.82. The first kappa shape index (κ1) is 25.2. The lowest BCUT2D eigenvalue weighted by Crippen LogP contribution is -2.51. The van der Waals surface area contributed by atoms with E-state index >= 15 is 0 Å². The quantitative estimate of drug-likeness (QED) is 0.426. The summed E-state index contributed by atoms with van der Waals surface area (Å²) in [5, 5.41) is 10.4. The maximum absolute atomic E-state index is 14.3. The van der Waals surface area contributed by atoms with Crippen molar-refractivity contribution in [2.24, 2.45) is 5.92 Å². The van der Waals surface area contributed by atoms with E-state index in [1.54, 1.807) is 13.2 Å². The summed E-state index contributed by atoms with van der Waals surface area (Å²) in [5.41, 5.74) is 1.16. The largest absolute Gasteiger partial charge is 0.493 e. The molecule has 1 saturated carbocycles. The van der Waals surface area contributed by atoms with Gasteiger partial charge in [0.05, 0.1) is 24.3 Å². The van der Waals surface area contributed by atoms with Crippen molar-refractivity contribution in [3.63, 3.8) is 0 Å². The van der Waals surface area contributed by atoms with Crippen molar-refractivity contribution in [1.82, 2.24) is 4.90 Å². The highest BCUT2D eigenvalue weighted by Crippen LogP contribution is 2.45. The van der Waals surface area contributed by atoms with Crippen LogP contribution in [0.25, 0.3) is 0 Å². The molecule has 1 aliphatic carbocycles. The molecular formula is C26H30Cl2FNO4. The van der Waals surface area contributed by atoms with Crippen LogP contribution < -0.4 is 4.74 Å². The Morgan fingerprint density at radius 2 is 1.76 bits per heavy atom. The molecule has 2 aromatic rings. The van der Waals surface area contributed by atoms with Crippen LogP contribution in [0.15, 0.2) is 30.3 Å². The molecule has 2 fully saturated rings. The number of methoxy groups -OCH3 is 1. The number of aromatic carboxylic acids is 1. The van der Waals surface area contributed by atoms with Crippen LogP contribution in [-0.4, -0.2) is 49.4 Å². The second kappa shape index (κ2) is 10.4. The third-order valence-electron chi connectivity index (χ3n) is 7.04. The van der Waals surface area contributed by atoms with Crippen LogP contribution in [0.4, 0.5) is 4.39 Å². The number of hydrogen-bond donors (Lipinski definition) is 1. The molecule has 0 radical (unpaired) electrons. The van der Waals surface area contributed by atoms with Crippen LogP contribution >= 0.6 is 23.2 Å². The lowest BCUT2D eigenvalue weighted by atomic mass is 9.86. The average molecular weight is 510 g/mol. The van der Waals surface area contributed by atoms with Gasteiger partial charge in [-0.2, -0.15) is 0 Å². The van der Waals surface area contributed by atoms with E-state index in [0.29, 0.717) is 34.9 Å². The van der Waals surface area contributed by atoms with Crippen LogP contribution in [0.2, 0.25) is 10.0 Å². The standard InChI is InChI=1S/C26H30Cl2FNO4/c1-26(15-33-2,18-9-19(27)11-20(28)10-18)30-7-5-16(6-8-30)14-34-24-13-23(29)22(25(31)32)12-21(24)17-3-4-17/h9-13,16-17H,3-8,14-15H2,1-2H3,(H,31,32)/t26-/m0/s1. The van der Waals surface area contributed by atoms with Crippen molar-refractivity contribution in [3.05, 3.63) is 62.9 Å². The summed E-state index contributed by atoms with van der Waals surface area (Å²) in [7, 11) is 1.69. The minimum Gasteiger partial charge on any atom is -0.493 e. The topological polar surface area (TPSA) is 59.0 Å². The molecule has 1 heterocycles. The number of carbonyl (C=O) groups is 1. The molecular weight excluding hydrogens is 480 g/mol. The van der Waals surface area contributed by atoms with Crippen LogP contribution in [-0.2, 0) is 10.3 Å². The molecule has 1 atom stereocenters. The molecule has 1 saturated heterocycles. The van der Waals surface area contributed by atoms with Gasteiger partial charge in [-0.15, -0.1) is 0 Å². The Labute approximate surface area is 209 Å². The lowest BCUT2D eigenvalue weighted by Gasteiger charge is -2.45. The molecule has 0 unspecified atom stereocenters. The minimum atomic E-state index is -1.25. The molecule has 2 aromatic carbocycles. The van der Waals surface area contributed by atoms with Crippen molar-refractivity contribution in [1.29, 1.82) is 0 Å². The number of halogens is 3. The van der Waals surface area contributed by atoms with E-state index < -0.39 is 11.8 Å². The van der Waals surface area contributed by atoms with Gasteiger partial charge < -0.3 is 14.6 Å². The monoisotopic (exact) mass is 509 g/mol. The SMILES string of the molecule is COC[C@@](C)(c1cc(Cl)cc(Cl)c1)N1CCC(COc2cc(F)c(C(=O)O)cc2C2CC2)CC1. The molecule has 0 spiro atoms. The van der Waals surface area contributed by atoms with Gasteiger partial charge in [-0.05, 0) is 92.9 Å². The molecule has 0 amide bonds. The zero-order chi connectivity index (χ0) is 24.5. The molecule has 4 rings (SSSR count). The molecule has 8 heteroatoms. The highest BCUT2D eigenvalue weighted by Gasteiger charge is 2.37. The Kier molecular flexibility index (Phi) is 7.72. The first-order chi connectivity index (χ1) is 16.2. The number of piperidine rings is 1. The summed E-state index contributed by atoms with van der Waals surface area (Å²) in [4.78, 5) is 13.7. The van der Waals surface area contributed by atoms with E-state index in [4.69, 9.17) is 32.7 Å². The fourth-order valence-corrected chi connectivity index (χ4v) is 5.40. The maximum Gasteiger partial charge on any atom is 0.338 e. The smallest absolute Gasteiger partial charge is 0.338 e. The van der Waals surface area contributed by atoms with Gasteiger partial charge in [0.2, 0.25) is 0 Å². The third-order valence-corrected chi connectivity index (χ3v) is 7.48. The highest BCUT2D eigenvalue weighted by atomic mass is 35.5. The Balaban J connectivity index is 1.42. The molecule has 1 N–H and O–H groups in total. The summed E-state index contributed by atoms with van der Waals surface area (Å²) in [5.74, 6) is -0.948.